The van der Waals surface area contributed by atoms with E-state index < -0.39 is 0 Å². The van der Waals surface area contributed by atoms with Crippen LogP contribution in [0, 0.1) is 0 Å². The molecule has 0 atom stereocenters. The predicted molar refractivity (Wildman–Crippen MR) is 72.5 cm³/mol. The first kappa shape index (κ1) is 14.4. The minimum Gasteiger partial charge on any atom is -0.477 e. The summed E-state index contributed by atoms with van der Waals surface area (Å²) in [5.74, 6) is 0.984. The minimum atomic E-state index is 0.416. The summed E-state index contributed by atoms with van der Waals surface area (Å²) in [6, 6.07) is 1.63. The van der Waals surface area contributed by atoms with E-state index in [1.165, 1.54) is 0 Å². The molecule has 0 aliphatic carbocycles. The Morgan fingerprint density at radius 2 is 2.06 bits per heavy atom. The van der Waals surface area contributed by atoms with E-state index in [2.05, 4.69) is 15.2 Å². The third-order valence-electron chi connectivity index (χ3n) is 2.12. The van der Waals surface area contributed by atoms with Gasteiger partial charge in [-0.2, -0.15) is 4.98 Å². The van der Waals surface area contributed by atoms with Crippen molar-refractivity contribution in [1.29, 1.82) is 0 Å². The van der Waals surface area contributed by atoms with Crippen molar-refractivity contribution in [2.24, 2.45) is 0 Å². The first-order valence-electron chi connectivity index (χ1n) is 5.36. The first-order valence-corrected chi connectivity index (χ1v) is 6.11. The Balaban J connectivity index is 2.58. The highest BCUT2D eigenvalue weighted by atomic mass is 35.5. The Morgan fingerprint density at radius 1 is 1.35 bits per heavy atom. The molecule has 0 spiro atoms. The van der Waals surface area contributed by atoms with Gasteiger partial charge in [0.15, 0.2) is 0 Å². The highest BCUT2D eigenvalue weighted by Crippen LogP contribution is 2.30. The Hall–Kier alpha value is -0.710. The van der Waals surface area contributed by atoms with Gasteiger partial charge in [-0.25, -0.2) is 0 Å². The van der Waals surface area contributed by atoms with Gasteiger partial charge in [-0.05, 0) is 26.6 Å². The van der Waals surface area contributed by atoms with Crippen LogP contribution in [0.25, 0.3) is 0 Å². The third kappa shape index (κ3) is 4.58. The molecule has 4 nitrogen and oxygen atoms in total. The molecule has 0 bridgehead atoms. The topological polar surface area (TPSA) is 37.4 Å². The van der Waals surface area contributed by atoms with Crippen molar-refractivity contribution in [3.63, 3.8) is 0 Å². The number of halogens is 2. The first-order chi connectivity index (χ1) is 8.04. The maximum atomic E-state index is 5.99. The van der Waals surface area contributed by atoms with Crippen molar-refractivity contribution >= 4 is 29.0 Å². The van der Waals surface area contributed by atoms with Crippen LogP contribution < -0.4 is 10.1 Å². The fourth-order valence-corrected chi connectivity index (χ4v) is 1.78. The fraction of sp³-hybridized carbons (Fsp3) is 0.545. The van der Waals surface area contributed by atoms with Crippen LogP contribution in [0.15, 0.2) is 6.07 Å². The number of ether oxygens (including phenoxy) is 1. The van der Waals surface area contributed by atoms with E-state index in [0.717, 1.165) is 13.0 Å². The molecule has 0 saturated carbocycles. The van der Waals surface area contributed by atoms with Gasteiger partial charge in [0, 0.05) is 13.6 Å². The number of pyridine rings is 1. The van der Waals surface area contributed by atoms with E-state index in [0.29, 0.717) is 28.3 Å². The summed E-state index contributed by atoms with van der Waals surface area (Å²) in [4.78, 5) is 6.29. The zero-order chi connectivity index (χ0) is 12.8. The van der Waals surface area contributed by atoms with Crippen molar-refractivity contribution in [1.82, 2.24) is 9.88 Å². The molecule has 0 fully saturated rings. The van der Waals surface area contributed by atoms with Gasteiger partial charge in [0.05, 0.1) is 11.6 Å². The Morgan fingerprint density at radius 3 is 2.65 bits per heavy atom. The number of nitrogens with zero attached hydrogens (tertiary/aromatic N) is 2. The zero-order valence-electron chi connectivity index (χ0n) is 10.3. The molecule has 0 aliphatic rings. The summed E-state index contributed by atoms with van der Waals surface area (Å²) in [5.41, 5.74) is 0. The van der Waals surface area contributed by atoms with Gasteiger partial charge in [-0.1, -0.05) is 23.2 Å². The van der Waals surface area contributed by atoms with Crippen molar-refractivity contribution < 1.29 is 4.74 Å². The third-order valence-corrected chi connectivity index (χ3v) is 2.68. The molecular weight excluding hydrogens is 261 g/mol. The molecule has 1 aromatic heterocycles. The Labute approximate surface area is 112 Å². The highest BCUT2D eigenvalue weighted by molar-refractivity contribution is 6.36. The lowest BCUT2D eigenvalue weighted by atomic mass is 10.4. The number of hydrogen-bond acceptors (Lipinski definition) is 4. The van der Waals surface area contributed by atoms with Crippen LogP contribution in [0.1, 0.15) is 6.42 Å². The van der Waals surface area contributed by atoms with Crippen LogP contribution in [-0.4, -0.2) is 44.2 Å². The smallest absolute Gasteiger partial charge is 0.234 e. The van der Waals surface area contributed by atoms with Crippen molar-refractivity contribution in [2.45, 2.75) is 6.42 Å². The minimum absolute atomic E-state index is 0.416. The molecule has 0 saturated heterocycles. The Kier molecular flexibility index (Phi) is 5.82. The normalized spacial score (nSPS) is 10.7. The molecule has 0 aromatic carbocycles. The number of anilines is 1. The van der Waals surface area contributed by atoms with Gasteiger partial charge in [-0.3, -0.25) is 0 Å². The quantitative estimate of drug-likeness (QED) is 0.812. The molecule has 17 heavy (non-hydrogen) atoms. The summed E-state index contributed by atoms with van der Waals surface area (Å²) >= 11 is 11.9. The van der Waals surface area contributed by atoms with E-state index in [-0.39, 0.29) is 0 Å². The molecule has 1 N–H and O–H groups in total. The van der Waals surface area contributed by atoms with E-state index in [1.54, 1.807) is 13.1 Å². The lowest BCUT2D eigenvalue weighted by molar-refractivity contribution is 0.273. The predicted octanol–water partition coefficient (Wildman–Crippen LogP) is 2.76. The number of aromatic nitrogens is 1. The molecule has 0 unspecified atom stereocenters. The summed E-state index contributed by atoms with van der Waals surface area (Å²) in [5, 5.41) is 3.80. The van der Waals surface area contributed by atoms with Gasteiger partial charge >= 0.3 is 0 Å². The molecule has 6 heteroatoms. The van der Waals surface area contributed by atoms with E-state index in [1.807, 2.05) is 14.1 Å². The van der Waals surface area contributed by atoms with Crippen molar-refractivity contribution in [3.05, 3.63) is 16.1 Å². The van der Waals surface area contributed by atoms with E-state index in [9.17, 15) is 0 Å². The van der Waals surface area contributed by atoms with Crippen LogP contribution in [0.2, 0.25) is 10.0 Å². The van der Waals surface area contributed by atoms with Crippen LogP contribution in [0.3, 0.4) is 0 Å². The van der Waals surface area contributed by atoms with Gasteiger partial charge in [0.25, 0.3) is 0 Å². The van der Waals surface area contributed by atoms with Gasteiger partial charge in [-0.15, -0.1) is 0 Å². The molecule has 1 aromatic rings. The second kappa shape index (κ2) is 6.89. The monoisotopic (exact) mass is 277 g/mol. The van der Waals surface area contributed by atoms with Gasteiger partial charge in [0.1, 0.15) is 10.8 Å². The second-order valence-corrected chi connectivity index (χ2v) is 4.68. The zero-order valence-corrected chi connectivity index (χ0v) is 11.8. The molecule has 96 valence electrons. The lowest BCUT2D eigenvalue weighted by Crippen LogP contribution is -2.15. The summed E-state index contributed by atoms with van der Waals surface area (Å²) in [6.07, 6.45) is 0.919. The average Bonchev–Trinajstić information content (AvgIpc) is 2.26. The summed E-state index contributed by atoms with van der Waals surface area (Å²) in [7, 11) is 5.79. The Bertz CT molecular complexity index is 372. The SMILES string of the molecule is CNc1nc(OCCCN(C)C)c(Cl)cc1Cl. The summed E-state index contributed by atoms with van der Waals surface area (Å²) < 4.78 is 5.52. The maximum Gasteiger partial charge on any atom is 0.234 e. The van der Waals surface area contributed by atoms with E-state index >= 15 is 0 Å². The second-order valence-electron chi connectivity index (χ2n) is 3.86. The summed E-state index contributed by atoms with van der Waals surface area (Å²) in [6.45, 7) is 1.54. The maximum absolute atomic E-state index is 5.99. The number of nitrogens with one attached hydrogen (secondary N) is 1. The number of rotatable bonds is 6. The molecule has 1 rings (SSSR count). The molecule has 0 amide bonds. The standard InChI is InChI=1S/C11H17Cl2N3O/c1-14-10-8(12)7-9(13)11(15-10)17-6-4-5-16(2)3/h7H,4-6H2,1-3H3,(H,14,15). The van der Waals surface area contributed by atoms with E-state index in [4.69, 9.17) is 27.9 Å². The average molecular weight is 278 g/mol. The van der Waals surface area contributed by atoms with Crippen molar-refractivity contribution in [2.75, 3.05) is 39.6 Å². The van der Waals surface area contributed by atoms with Gasteiger partial charge in [0.2, 0.25) is 5.88 Å². The molecular formula is C11H17Cl2N3O. The lowest BCUT2D eigenvalue weighted by Gasteiger charge is -2.12. The molecule has 0 radical (unpaired) electrons. The van der Waals surface area contributed by atoms with Crippen LogP contribution in [0.5, 0.6) is 5.88 Å². The largest absolute Gasteiger partial charge is 0.477 e. The molecule has 0 aliphatic heterocycles. The molecule has 1 heterocycles. The van der Waals surface area contributed by atoms with Crippen LogP contribution >= 0.6 is 23.2 Å². The van der Waals surface area contributed by atoms with Crippen LogP contribution in [0.4, 0.5) is 5.82 Å². The number of hydrogen-bond donors (Lipinski definition) is 1. The highest BCUT2D eigenvalue weighted by Gasteiger charge is 2.09. The fourth-order valence-electron chi connectivity index (χ4n) is 1.28. The van der Waals surface area contributed by atoms with Gasteiger partial charge < -0.3 is 15.0 Å². The van der Waals surface area contributed by atoms with Crippen molar-refractivity contribution in [3.8, 4) is 5.88 Å². The van der Waals surface area contributed by atoms with Crippen LogP contribution in [-0.2, 0) is 0 Å².